The molecule has 0 atom stereocenters. The lowest BCUT2D eigenvalue weighted by Crippen LogP contribution is -2.46. The van der Waals surface area contributed by atoms with Gasteiger partial charge in [0, 0.05) is 69.0 Å². The van der Waals surface area contributed by atoms with Crippen molar-refractivity contribution < 1.29 is 4.42 Å². The fraction of sp³-hybridized carbons (Fsp3) is 0.417. The van der Waals surface area contributed by atoms with Crippen LogP contribution in [0.3, 0.4) is 0 Å². The topological polar surface area (TPSA) is 49.6 Å². The van der Waals surface area contributed by atoms with E-state index in [1.807, 2.05) is 12.3 Å². The Bertz CT molecular complexity index is 1050. The minimum absolute atomic E-state index is 0.237. The summed E-state index contributed by atoms with van der Waals surface area (Å²) in [6, 6.07) is 12.2. The minimum Gasteiger partial charge on any atom is -0.423 e. The first-order valence-electron chi connectivity index (χ1n) is 10.7. The highest BCUT2D eigenvalue weighted by atomic mass is 16.4. The molecule has 1 fully saturated rings. The molecule has 2 aromatic heterocycles. The summed E-state index contributed by atoms with van der Waals surface area (Å²) in [5, 5.41) is 1.11. The molecule has 0 N–H and O–H groups in total. The molecule has 0 saturated carbocycles. The van der Waals surface area contributed by atoms with Gasteiger partial charge in [-0.2, -0.15) is 0 Å². The maximum Gasteiger partial charge on any atom is 0.336 e. The summed E-state index contributed by atoms with van der Waals surface area (Å²) >= 11 is 0. The van der Waals surface area contributed by atoms with E-state index >= 15 is 0 Å². The molecule has 3 heterocycles. The highest BCUT2D eigenvalue weighted by Gasteiger charge is 2.20. The number of benzene rings is 1. The molecule has 0 spiro atoms. The van der Waals surface area contributed by atoms with Gasteiger partial charge in [0.25, 0.3) is 0 Å². The predicted octanol–water partition coefficient (Wildman–Crippen LogP) is 3.04. The lowest BCUT2D eigenvalue weighted by Gasteiger charge is -2.34. The van der Waals surface area contributed by atoms with Crippen molar-refractivity contribution in [3.8, 4) is 0 Å². The zero-order chi connectivity index (χ0) is 19.6. The van der Waals surface area contributed by atoms with Gasteiger partial charge in [0.15, 0.2) is 0 Å². The Morgan fingerprint density at radius 2 is 1.76 bits per heavy atom. The third-order valence-electron chi connectivity index (χ3n) is 6.31. The first kappa shape index (κ1) is 18.5. The maximum absolute atomic E-state index is 12.1. The van der Waals surface area contributed by atoms with Crippen molar-refractivity contribution in [3.63, 3.8) is 0 Å². The normalized spacial score (nSPS) is 17.7. The van der Waals surface area contributed by atoms with Crippen molar-refractivity contribution in [1.82, 2.24) is 14.8 Å². The number of nitrogens with zero attached hydrogens (tertiary/aromatic N) is 3. The van der Waals surface area contributed by atoms with E-state index in [1.54, 1.807) is 6.07 Å². The average molecular weight is 389 g/mol. The smallest absolute Gasteiger partial charge is 0.336 e. The summed E-state index contributed by atoms with van der Waals surface area (Å²) in [5.74, 6) is 0. The summed E-state index contributed by atoms with van der Waals surface area (Å²) in [6.45, 7) is 6.02. The molecule has 150 valence electrons. The molecule has 1 aliphatic heterocycles. The average Bonchev–Trinajstić information content (AvgIpc) is 3.20. The SMILES string of the molecule is O=c1cc(CN2CCN(CCc3ccccn3)CC2)c2cc3c(cc2o1)CCC3. The van der Waals surface area contributed by atoms with Crippen molar-refractivity contribution in [2.75, 3.05) is 32.7 Å². The number of aryl methyl sites for hydroxylation is 2. The van der Waals surface area contributed by atoms with Gasteiger partial charge >= 0.3 is 5.63 Å². The number of pyridine rings is 1. The predicted molar refractivity (Wildman–Crippen MR) is 114 cm³/mol. The zero-order valence-corrected chi connectivity index (χ0v) is 16.8. The molecule has 5 heteroatoms. The van der Waals surface area contributed by atoms with E-state index in [-0.39, 0.29) is 5.63 Å². The Labute approximate surface area is 171 Å². The van der Waals surface area contributed by atoms with Crippen LogP contribution in [0.5, 0.6) is 0 Å². The van der Waals surface area contributed by atoms with Gasteiger partial charge in [0.1, 0.15) is 5.58 Å². The largest absolute Gasteiger partial charge is 0.423 e. The Balaban J connectivity index is 1.25. The molecule has 2 aliphatic rings. The Morgan fingerprint density at radius 3 is 2.55 bits per heavy atom. The van der Waals surface area contributed by atoms with Crippen molar-refractivity contribution in [2.45, 2.75) is 32.2 Å². The summed E-state index contributed by atoms with van der Waals surface area (Å²) < 4.78 is 5.52. The molecular weight excluding hydrogens is 362 g/mol. The molecule has 1 aromatic carbocycles. The van der Waals surface area contributed by atoms with Crippen LogP contribution in [0.4, 0.5) is 0 Å². The summed E-state index contributed by atoms with van der Waals surface area (Å²) in [7, 11) is 0. The monoisotopic (exact) mass is 389 g/mol. The van der Waals surface area contributed by atoms with Gasteiger partial charge in [0.2, 0.25) is 0 Å². The molecule has 1 saturated heterocycles. The summed E-state index contributed by atoms with van der Waals surface area (Å²) in [5.41, 5.74) is 5.55. The van der Waals surface area contributed by atoms with Gasteiger partial charge in [-0.05, 0) is 60.2 Å². The molecule has 5 rings (SSSR count). The van der Waals surface area contributed by atoms with Crippen LogP contribution in [0.15, 0.2) is 51.8 Å². The Hall–Kier alpha value is -2.50. The summed E-state index contributed by atoms with van der Waals surface area (Å²) in [6.07, 6.45) is 6.30. The van der Waals surface area contributed by atoms with Crippen LogP contribution < -0.4 is 5.63 Å². The standard InChI is InChI=1S/C24H27N3O2/c28-24-16-20(22-14-18-4-3-5-19(18)15-23(22)29-24)17-27-12-10-26(11-13-27)9-7-21-6-1-2-8-25-21/h1-2,6,8,14-16H,3-5,7,9-13,17H2. The van der Waals surface area contributed by atoms with Gasteiger partial charge < -0.3 is 9.32 Å². The third-order valence-corrected chi connectivity index (χ3v) is 6.31. The van der Waals surface area contributed by atoms with Crippen LogP contribution in [0, 0.1) is 0 Å². The number of rotatable bonds is 5. The fourth-order valence-corrected chi connectivity index (χ4v) is 4.66. The molecular formula is C24H27N3O2. The van der Waals surface area contributed by atoms with Crippen molar-refractivity contribution in [1.29, 1.82) is 0 Å². The van der Waals surface area contributed by atoms with Gasteiger partial charge in [-0.3, -0.25) is 9.88 Å². The van der Waals surface area contributed by atoms with Crippen LogP contribution in [0.25, 0.3) is 11.0 Å². The van der Waals surface area contributed by atoms with Crippen LogP contribution in [0.2, 0.25) is 0 Å². The molecule has 1 aliphatic carbocycles. The van der Waals surface area contributed by atoms with Crippen molar-refractivity contribution >= 4 is 11.0 Å². The van der Waals surface area contributed by atoms with Crippen molar-refractivity contribution in [3.05, 3.63) is 75.4 Å². The molecule has 0 bridgehead atoms. The van der Waals surface area contributed by atoms with Crippen molar-refractivity contribution in [2.24, 2.45) is 0 Å². The second kappa shape index (κ2) is 8.09. The second-order valence-electron chi connectivity index (χ2n) is 8.25. The van der Waals surface area contributed by atoms with Gasteiger partial charge in [0.05, 0.1) is 0 Å². The molecule has 5 nitrogen and oxygen atoms in total. The van der Waals surface area contributed by atoms with Gasteiger partial charge in [-0.25, -0.2) is 4.79 Å². The number of hydrogen-bond donors (Lipinski definition) is 0. The van der Waals surface area contributed by atoms with Crippen LogP contribution in [-0.4, -0.2) is 47.5 Å². The summed E-state index contributed by atoms with van der Waals surface area (Å²) in [4.78, 5) is 21.5. The van der Waals surface area contributed by atoms with Crippen LogP contribution in [-0.2, 0) is 25.8 Å². The Morgan fingerprint density at radius 1 is 0.966 bits per heavy atom. The van der Waals surface area contributed by atoms with E-state index < -0.39 is 0 Å². The van der Waals surface area contributed by atoms with Gasteiger partial charge in [-0.1, -0.05) is 6.07 Å². The quantitative estimate of drug-likeness (QED) is 0.628. The number of hydrogen-bond acceptors (Lipinski definition) is 5. The van der Waals surface area contributed by atoms with Crippen LogP contribution >= 0.6 is 0 Å². The van der Waals surface area contributed by atoms with Gasteiger partial charge in [-0.15, -0.1) is 0 Å². The van der Waals surface area contributed by atoms with E-state index in [4.69, 9.17) is 4.42 Å². The highest BCUT2D eigenvalue weighted by Crippen LogP contribution is 2.29. The first-order valence-corrected chi connectivity index (χ1v) is 10.7. The third kappa shape index (κ3) is 4.11. The molecule has 0 amide bonds. The zero-order valence-electron chi connectivity index (χ0n) is 16.8. The highest BCUT2D eigenvalue weighted by molar-refractivity contribution is 5.82. The van der Waals surface area contributed by atoms with E-state index in [1.165, 1.54) is 17.5 Å². The number of fused-ring (bicyclic) bond motifs is 2. The van der Waals surface area contributed by atoms with E-state index in [0.717, 1.165) is 80.8 Å². The maximum atomic E-state index is 12.1. The molecule has 0 unspecified atom stereocenters. The van der Waals surface area contributed by atoms with E-state index in [0.29, 0.717) is 0 Å². The molecule has 29 heavy (non-hydrogen) atoms. The molecule has 3 aromatic rings. The Kier molecular flexibility index (Phi) is 5.17. The van der Waals surface area contributed by atoms with Crippen LogP contribution in [0.1, 0.15) is 28.8 Å². The first-order chi connectivity index (χ1) is 14.2. The molecule has 0 radical (unpaired) electrons. The fourth-order valence-electron chi connectivity index (χ4n) is 4.66. The van der Waals surface area contributed by atoms with E-state index in [9.17, 15) is 4.79 Å². The lowest BCUT2D eigenvalue weighted by molar-refractivity contribution is 0.128. The lowest BCUT2D eigenvalue weighted by atomic mass is 10.0. The number of piperazine rings is 1. The number of aromatic nitrogens is 1. The minimum atomic E-state index is -0.237. The van der Waals surface area contributed by atoms with E-state index in [2.05, 4.69) is 39.0 Å². The second-order valence-corrected chi connectivity index (χ2v) is 8.25.